The van der Waals surface area contributed by atoms with Gasteiger partial charge >= 0.3 is 0 Å². The summed E-state index contributed by atoms with van der Waals surface area (Å²) in [7, 11) is 0. The smallest absolute Gasteiger partial charge is 0.157 e. The molecule has 0 aliphatic heterocycles. The summed E-state index contributed by atoms with van der Waals surface area (Å²) >= 11 is 0. The van der Waals surface area contributed by atoms with Crippen LogP contribution >= 0.6 is 0 Å². The minimum Gasteiger partial charge on any atom is -0.508 e. The fourth-order valence-electron chi connectivity index (χ4n) is 2.85. The van der Waals surface area contributed by atoms with Crippen LogP contribution in [0.3, 0.4) is 0 Å². The zero-order valence-electron chi connectivity index (χ0n) is 17.7. The summed E-state index contributed by atoms with van der Waals surface area (Å²) in [6, 6.07) is 8.40. The number of carbonyl (C=O) groups is 1. The Morgan fingerprint density at radius 2 is 1.06 bits per heavy atom. The average Bonchev–Trinajstić information content (AvgIpc) is 2.74. The van der Waals surface area contributed by atoms with Crippen molar-refractivity contribution < 1.29 is 35.4 Å². The molecule has 32 heavy (non-hydrogen) atoms. The van der Waals surface area contributed by atoms with Crippen molar-refractivity contribution in [2.24, 2.45) is 11.8 Å². The molecule has 0 aliphatic rings. The van der Waals surface area contributed by atoms with Crippen LogP contribution < -0.4 is 0 Å². The van der Waals surface area contributed by atoms with Gasteiger partial charge in [-0.25, -0.2) is 0 Å². The summed E-state index contributed by atoms with van der Waals surface area (Å²) in [4.78, 5) is 12.5. The van der Waals surface area contributed by atoms with Crippen molar-refractivity contribution in [2.75, 3.05) is 0 Å². The quantitative estimate of drug-likeness (QED) is 0.194. The summed E-state index contributed by atoms with van der Waals surface area (Å²) in [6.45, 7) is 3.24. The highest BCUT2D eigenvalue weighted by atomic mass is 16.3. The van der Waals surface area contributed by atoms with E-state index in [9.17, 15) is 35.4 Å². The normalized spacial score (nSPS) is 14.7. The molecule has 0 fully saturated rings. The van der Waals surface area contributed by atoms with E-state index in [4.69, 9.17) is 0 Å². The highest BCUT2D eigenvalue weighted by Crippen LogP contribution is 2.26. The topological polar surface area (TPSA) is 138 Å². The Balaban J connectivity index is 2.01. The van der Waals surface area contributed by atoms with Gasteiger partial charge in [-0.05, 0) is 59.7 Å². The lowest BCUT2D eigenvalue weighted by atomic mass is 9.94. The predicted octanol–water partition coefficient (Wildman–Crippen LogP) is 4.96. The van der Waals surface area contributed by atoms with Gasteiger partial charge < -0.3 is 30.6 Å². The van der Waals surface area contributed by atoms with Crippen LogP contribution in [0.5, 0.6) is 23.0 Å². The first-order valence-corrected chi connectivity index (χ1v) is 9.82. The second kappa shape index (κ2) is 10.8. The molecule has 0 spiro atoms. The van der Waals surface area contributed by atoms with E-state index in [0.717, 1.165) is 0 Å². The van der Waals surface area contributed by atoms with Gasteiger partial charge in [0.1, 0.15) is 17.3 Å². The van der Waals surface area contributed by atoms with Crippen LogP contribution in [0, 0.1) is 11.8 Å². The third-order valence-electron chi connectivity index (χ3n) is 4.63. The molecule has 168 valence electrons. The zero-order valence-corrected chi connectivity index (χ0v) is 17.7. The summed E-state index contributed by atoms with van der Waals surface area (Å²) in [5.41, 5.74) is 1.10. The molecule has 2 rings (SSSR count). The standard InChI is InChI=1S/C25H26O7/c1-15(11-19(26)7-3-17-5-9-21(28)23(30)13-17)25(32)16(2)12-20(27)8-4-18-6-10-22(29)24(31)14-18/h3-16,26-31H,1-2H3. The Bertz CT molecular complexity index is 1010. The van der Waals surface area contributed by atoms with E-state index >= 15 is 0 Å². The first-order chi connectivity index (χ1) is 15.1. The number of aliphatic hydroxyl groups excluding tert-OH is 2. The minimum absolute atomic E-state index is 0.147. The van der Waals surface area contributed by atoms with Gasteiger partial charge in [-0.3, -0.25) is 4.79 Å². The van der Waals surface area contributed by atoms with E-state index in [1.165, 1.54) is 60.7 Å². The number of Topliss-reactive ketones (excluding diaryl/α,β-unsaturated/α-hetero) is 1. The van der Waals surface area contributed by atoms with E-state index in [1.807, 2.05) is 0 Å². The van der Waals surface area contributed by atoms with Crippen molar-refractivity contribution >= 4 is 17.9 Å². The van der Waals surface area contributed by atoms with E-state index < -0.39 is 11.8 Å². The van der Waals surface area contributed by atoms with Crippen LogP contribution in [-0.4, -0.2) is 36.4 Å². The summed E-state index contributed by atoms with van der Waals surface area (Å²) < 4.78 is 0. The molecule has 6 N–H and O–H groups in total. The lowest BCUT2D eigenvalue weighted by Crippen LogP contribution is -2.17. The van der Waals surface area contributed by atoms with E-state index in [2.05, 4.69) is 0 Å². The molecular formula is C25H26O7. The van der Waals surface area contributed by atoms with Crippen molar-refractivity contribution in [1.29, 1.82) is 0 Å². The second-order valence-electron chi connectivity index (χ2n) is 7.33. The van der Waals surface area contributed by atoms with Crippen LogP contribution in [-0.2, 0) is 4.79 Å². The number of phenols is 4. The number of hydrogen-bond donors (Lipinski definition) is 6. The number of aromatic hydroxyl groups is 4. The van der Waals surface area contributed by atoms with Crippen molar-refractivity contribution in [2.45, 2.75) is 13.8 Å². The molecule has 0 amide bonds. The fraction of sp³-hybridized carbons (Fsp3) is 0.160. The summed E-state index contributed by atoms with van der Waals surface area (Å²) in [6.07, 6.45) is 8.50. The van der Waals surface area contributed by atoms with Gasteiger partial charge in [-0.15, -0.1) is 0 Å². The van der Waals surface area contributed by atoms with Crippen LogP contribution in [0.4, 0.5) is 0 Å². The molecule has 0 aromatic heterocycles. The third-order valence-corrected chi connectivity index (χ3v) is 4.63. The lowest BCUT2D eigenvalue weighted by Gasteiger charge is -2.10. The lowest BCUT2D eigenvalue weighted by molar-refractivity contribution is -0.123. The van der Waals surface area contributed by atoms with Crippen LogP contribution in [0.1, 0.15) is 25.0 Å². The predicted molar refractivity (Wildman–Crippen MR) is 122 cm³/mol. The Labute approximate surface area is 185 Å². The Morgan fingerprint density at radius 3 is 1.41 bits per heavy atom. The molecule has 2 aromatic rings. The van der Waals surface area contributed by atoms with Gasteiger partial charge in [0, 0.05) is 11.8 Å². The molecule has 2 unspecified atom stereocenters. The molecule has 0 aliphatic carbocycles. The Morgan fingerprint density at radius 1 is 0.688 bits per heavy atom. The number of hydrogen-bond acceptors (Lipinski definition) is 7. The van der Waals surface area contributed by atoms with E-state index in [-0.39, 0.29) is 40.3 Å². The summed E-state index contributed by atoms with van der Waals surface area (Å²) in [5, 5.41) is 57.7. The van der Waals surface area contributed by atoms with Gasteiger partial charge in [-0.2, -0.15) is 0 Å². The zero-order chi connectivity index (χ0) is 23.8. The second-order valence-corrected chi connectivity index (χ2v) is 7.33. The molecule has 0 saturated heterocycles. The minimum atomic E-state index is -0.634. The molecule has 2 aromatic carbocycles. The van der Waals surface area contributed by atoms with Crippen molar-refractivity contribution in [3.63, 3.8) is 0 Å². The number of ketones is 1. The number of rotatable bonds is 8. The van der Waals surface area contributed by atoms with E-state index in [0.29, 0.717) is 11.1 Å². The summed E-state index contributed by atoms with van der Waals surface area (Å²) in [5.74, 6) is -2.85. The fourth-order valence-corrected chi connectivity index (χ4v) is 2.85. The molecular weight excluding hydrogens is 412 g/mol. The molecule has 7 heteroatoms. The van der Waals surface area contributed by atoms with Crippen LogP contribution in [0.15, 0.2) is 72.2 Å². The van der Waals surface area contributed by atoms with Gasteiger partial charge in [0.15, 0.2) is 23.0 Å². The number of carbonyl (C=O) groups excluding carboxylic acids is 1. The Hall–Kier alpha value is -4.13. The first-order valence-electron chi connectivity index (χ1n) is 9.82. The monoisotopic (exact) mass is 438 g/mol. The SMILES string of the molecule is CC(C=C(O)C=Cc1ccc(O)c(O)c1)C(=O)C(C)C=C(O)C=Cc1ccc(O)c(O)c1. The maximum Gasteiger partial charge on any atom is 0.157 e. The maximum absolute atomic E-state index is 12.5. The molecule has 0 bridgehead atoms. The molecule has 7 nitrogen and oxygen atoms in total. The van der Waals surface area contributed by atoms with E-state index in [1.54, 1.807) is 26.0 Å². The molecule has 0 heterocycles. The van der Waals surface area contributed by atoms with Crippen molar-refractivity contribution in [3.05, 3.63) is 83.3 Å². The Kier molecular flexibility index (Phi) is 8.12. The maximum atomic E-state index is 12.5. The largest absolute Gasteiger partial charge is 0.508 e. The molecule has 2 atom stereocenters. The van der Waals surface area contributed by atoms with Crippen molar-refractivity contribution in [1.82, 2.24) is 0 Å². The number of aliphatic hydroxyl groups is 2. The third kappa shape index (κ3) is 6.98. The van der Waals surface area contributed by atoms with Gasteiger partial charge in [0.05, 0.1) is 0 Å². The average molecular weight is 438 g/mol. The molecule has 0 saturated carbocycles. The van der Waals surface area contributed by atoms with Crippen LogP contribution in [0.2, 0.25) is 0 Å². The van der Waals surface area contributed by atoms with Gasteiger partial charge in [0.25, 0.3) is 0 Å². The first kappa shape index (κ1) is 24.1. The van der Waals surface area contributed by atoms with Crippen LogP contribution in [0.25, 0.3) is 12.2 Å². The van der Waals surface area contributed by atoms with Crippen molar-refractivity contribution in [3.8, 4) is 23.0 Å². The number of phenolic OH excluding ortho intramolecular Hbond substituents is 4. The number of benzene rings is 2. The number of allylic oxidation sites excluding steroid dienone is 4. The van der Waals surface area contributed by atoms with Gasteiger partial charge in [0.2, 0.25) is 0 Å². The molecule has 0 radical (unpaired) electrons. The van der Waals surface area contributed by atoms with Gasteiger partial charge in [-0.1, -0.05) is 38.1 Å². The highest BCUT2D eigenvalue weighted by Gasteiger charge is 2.17. The highest BCUT2D eigenvalue weighted by molar-refractivity contribution is 5.86.